The molecule has 0 spiro atoms. The first kappa shape index (κ1) is 32.5. The number of amides is 2. The number of pyridine rings is 2. The average Bonchev–Trinajstić information content (AvgIpc) is 2.66. The molecule has 31 heavy (non-hydrogen) atoms. The lowest BCUT2D eigenvalue weighted by Crippen LogP contribution is -2.67. The molecule has 17 nitrogen and oxygen atoms in total. The fraction of sp³-hybridized carbons (Fsp3) is 0. The highest BCUT2D eigenvalue weighted by atomic mass is 32.3. The predicted molar refractivity (Wildman–Crippen MR) is 91.3 cm³/mol. The second-order valence-electron chi connectivity index (χ2n) is 4.41. The number of carbonyl (C=O) groups excluding carboxylic acids is 2. The maximum Gasteiger partial charge on any atom is 0.296 e. The van der Waals surface area contributed by atoms with E-state index in [9.17, 15) is 9.59 Å². The first-order chi connectivity index (χ1) is 13.7. The van der Waals surface area contributed by atoms with Crippen LogP contribution in [0.2, 0.25) is 0 Å². The van der Waals surface area contributed by atoms with E-state index in [1.165, 1.54) is 0 Å². The Hall–Kier alpha value is -3.14. The number of nitrogens with one attached hydrogen (secondary N) is 4. The van der Waals surface area contributed by atoms with E-state index >= 15 is 0 Å². The molecule has 12 N–H and O–H groups in total. The van der Waals surface area contributed by atoms with Crippen LogP contribution in [-0.2, 0) is 20.8 Å². The number of H-pyrrole nitrogens is 2. The molecule has 0 aliphatic rings. The zero-order chi connectivity index (χ0) is 23.8. The first-order valence-corrected chi connectivity index (χ1v) is 9.76. The molecule has 0 saturated heterocycles. The Morgan fingerprint density at radius 3 is 1.03 bits per heavy atom. The summed E-state index contributed by atoms with van der Waals surface area (Å²) in [7, 11) is -10.3. The van der Waals surface area contributed by atoms with Gasteiger partial charge < -0.3 is 23.7 Å². The summed E-state index contributed by atoms with van der Waals surface area (Å²) < 4.78 is 68.2. The van der Waals surface area contributed by atoms with Crippen LogP contribution in [0.25, 0.3) is 0 Å². The summed E-state index contributed by atoms with van der Waals surface area (Å²) in [6.45, 7) is 0. The Labute approximate surface area is 175 Å². The van der Waals surface area contributed by atoms with E-state index in [1.807, 2.05) is 0 Å². The molecular formula is C12H20N6O11S2. The third-order valence-electron chi connectivity index (χ3n) is 2.28. The molecule has 176 valence electrons. The Balaban J connectivity index is -0.000000353. The predicted octanol–water partition coefficient (Wildman–Crippen LogP) is -6.73. The molecule has 0 saturated carbocycles. The van der Waals surface area contributed by atoms with Gasteiger partial charge in [-0.05, 0) is 0 Å². The van der Waals surface area contributed by atoms with Crippen molar-refractivity contribution in [1.29, 1.82) is 0 Å². The van der Waals surface area contributed by atoms with Crippen LogP contribution < -0.4 is 32.5 Å². The van der Waals surface area contributed by atoms with E-state index in [0.29, 0.717) is 11.1 Å². The highest BCUT2D eigenvalue weighted by molar-refractivity contribution is 7.79. The monoisotopic (exact) mass is 488 g/mol. The molecule has 2 amide bonds. The molecule has 19 heteroatoms. The third kappa shape index (κ3) is 26.9. The van der Waals surface area contributed by atoms with Gasteiger partial charge in [0, 0.05) is 45.1 Å². The van der Waals surface area contributed by atoms with Crippen molar-refractivity contribution in [2.75, 3.05) is 0 Å². The molecule has 0 radical (unpaired) electrons. The minimum absolute atomic E-state index is 0. The SMILES string of the molecule is O.O=S(=O)([O-])[O-].O=S(=O)([O-])[O-].[NH3+]NC(=O)c1cc[nH+]cc1.[NH3+]NC(=O)c1cc[nH+]cc1. The van der Waals surface area contributed by atoms with Gasteiger partial charge in [0.1, 0.15) is 0 Å². The highest BCUT2D eigenvalue weighted by Crippen LogP contribution is 1.91. The topological polar surface area (TPSA) is 334 Å². The van der Waals surface area contributed by atoms with Crippen molar-refractivity contribution < 1.29 is 71.8 Å². The number of aromatic amines is 2. The van der Waals surface area contributed by atoms with Gasteiger partial charge in [0.05, 0.1) is 11.1 Å². The van der Waals surface area contributed by atoms with Gasteiger partial charge in [-0.15, -0.1) is 0 Å². The minimum atomic E-state index is -5.17. The molecule has 0 bridgehead atoms. The number of carbonyl (C=O) groups is 2. The Kier molecular flexibility index (Phi) is 17.5. The summed E-state index contributed by atoms with van der Waals surface area (Å²) in [4.78, 5) is 27.3. The quantitative estimate of drug-likeness (QED) is 0.176. The van der Waals surface area contributed by atoms with Crippen molar-refractivity contribution in [3.63, 3.8) is 0 Å². The standard InChI is InChI=1S/2C6H7N3O.2H2O4S.H2O/c2*7-9-6(10)5-1-3-8-4-2-5;2*1-5(2,3)4;/h2*1-4H,7H2,(H,9,10);2*(H2,1,2,3,4);1H2. The largest absolute Gasteiger partial charge is 0.759 e. The summed E-state index contributed by atoms with van der Waals surface area (Å²) in [6, 6.07) is 6.72. The van der Waals surface area contributed by atoms with Crippen molar-refractivity contribution in [2.24, 2.45) is 0 Å². The molecule has 0 fully saturated rings. The van der Waals surface area contributed by atoms with Crippen LogP contribution in [0.4, 0.5) is 0 Å². The summed E-state index contributed by atoms with van der Waals surface area (Å²) >= 11 is 0. The number of quaternary nitrogens is 2. The second kappa shape index (κ2) is 16.6. The lowest BCUT2D eigenvalue weighted by molar-refractivity contribution is -0.423. The third-order valence-corrected chi connectivity index (χ3v) is 2.28. The van der Waals surface area contributed by atoms with Crippen molar-refractivity contribution >= 4 is 32.6 Å². The zero-order valence-electron chi connectivity index (χ0n) is 15.4. The molecule has 0 aliphatic heterocycles. The van der Waals surface area contributed by atoms with Crippen LogP contribution in [0.1, 0.15) is 20.7 Å². The van der Waals surface area contributed by atoms with Crippen LogP contribution in [0.5, 0.6) is 0 Å². The number of rotatable bonds is 2. The smallest absolute Gasteiger partial charge is 0.296 e. The number of hydrogen-bond donors (Lipinski definition) is 4. The fourth-order valence-electron chi connectivity index (χ4n) is 1.28. The molecule has 0 unspecified atom stereocenters. The maximum atomic E-state index is 10.8. The Bertz CT molecular complexity index is 875. The molecule has 0 aliphatic carbocycles. The summed E-state index contributed by atoms with van der Waals surface area (Å²) in [5.74, 6) is 6.16. The molecule has 2 heterocycles. The summed E-state index contributed by atoms with van der Waals surface area (Å²) in [5, 5.41) is 0. The second-order valence-corrected chi connectivity index (χ2v) is 6.04. The molecule has 2 aromatic rings. The minimum Gasteiger partial charge on any atom is -0.759 e. The summed E-state index contributed by atoms with van der Waals surface area (Å²) in [6.07, 6.45) is 6.74. The van der Waals surface area contributed by atoms with Gasteiger partial charge in [-0.2, -0.15) is 0 Å². The van der Waals surface area contributed by atoms with Gasteiger partial charge in [0.25, 0.3) is 11.8 Å². The van der Waals surface area contributed by atoms with E-state index in [4.69, 9.17) is 35.0 Å². The van der Waals surface area contributed by atoms with Crippen LogP contribution in [-0.4, -0.2) is 52.3 Å². The zero-order valence-corrected chi connectivity index (χ0v) is 17.1. The van der Waals surface area contributed by atoms with E-state index in [2.05, 4.69) is 32.5 Å². The van der Waals surface area contributed by atoms with Crippen LogP contribution in [0.15, 0.2) is 49.1 Å². The maximum absolute atomic E-state index is 10.8. The molecular weight excluding hydrogens is 468 g/mol. The lowest BCUT2D eigenvalue weighted by atomic mass is 10.3. The average molecular weight is 488 g/mol. The Morgan fingerprint density at radius 2 is 0.871 bits per heavy atom. The van der Waals surface area contributed by atoms with Gasteiger partial charge in [0.15, 0.2) is 24.8 Å². The normalized spacial score (nSPS) is 9.48. The van der Waals surface area contributed by atoms with Crippen LogP contribution in [0, 0.1) is 0 Å². The van der Waals surface area contributed by atoms with E-state index in [1.54, 1.807) is 49.1 Å². The number of aromatic nitrogens is 2. The van der Waals surface area contributed by atoms with Gasteiger partial charge >= 0.3 is 0 Å². The first-order valence-electron chi connectivity index (χ1n) is 7.09. The van der Waals surface area contributed by atoms with Gasteiger partial charge in [-0.1, -0.05) is 0 Å². The van der Waals surface area contributed by atoms with E-state index in [-0.39, 0.29) is 17.3 Å². The van der Waals surface area contributed by atoms with Crippen molar-refractivity contribution in [2.45, 2.75) is 0 Å². The fourth-order valence-corrected chi connectivity index (χ4v) is 1.28. The highest BCUT2D eigenvalue weighted by Gasteiger charge is 2.03. The molecule has 2 rings (SSSR count). The van der Waals surface area contributed by atoms with Crippen LogP contribution in [0.3, 0.4) is 0 Å². The van der Waals surface area contributed by atoms with Gasteiger partial charge in [0.2, 0.25) is 0 Å². The molecule has 0 aromatic carbocycles. The van der Waals surface area contributed by atoms with Crippen LogP contribution >= 0.6 is 0 Å². The molecule has 2 aromatic heterocycles. The van der Waals surface area contributed by atoms with Crippen molar-refractivity contribution in [1.82, 2.24) is 10.9 Å². The summed E-state index contributed by atoms with van der Waals surface area (Å²) in [5.41, 5.74) is 5.77. The molecule has 0 atom stereocenters. The van der Waals surface area contributed by atoms with Crippen molar-refractivity contribution in [3.8, 4) is 0 Å². The van der Waals surface area contributed by atoms with E-state index in [0.717, 1.165) is 0 Å². The van der Waals surface area contributed by atoms with E-state index < -0.39 is 20.8 Å². The van der Waals surface area contributed by atoms with Gasteiger partial charge in [-0.3, -0.25) is 38.1 Å². The van der Waals surface area contributed by atoms with Crippen molar-refractivity contribution in [3.05, 3.63) is 60.2 Å². The van der Waals surface area contributed by atoms with Gasteiger partial charge in [-0.25, -0.2) is 20.8 Å². The lowest BCUT2D eigenvalue weighted by Gasteiger charge is -2.06. The Morgan fingerprint density at radius 1 is 0.677 bits per heavy atom. The number of hydrogen-bond acceptors (Lipinski definition) is 10.